The highest BCUT2D eigenvalue weighted by Crippen LogP contribution is 2.18. The van der Waals surface area contributed by atoms with Crippen molar-refractivity contribution in [2.45, 2.75) is 0 Å². The second-order valence-electron chi connectivity index (χ2n) is 1.96. The molecule has 1 aromatic heterocycles. The Morgan fingerprint density at radius 2 is 1.80 bits per heavy atom. The van der Waals surface area contributed by atoms with E-state index in [2.05, 4.69) is 35.7 Å². The van der Waals surface area contributed by atoms with Crippen molar-refractivity contribution in [1.29, 1.82) is 0 Å². The van der Waals surface area contributed by atoms with E-state index in [0.29, 0.717) is 0 Å². The third-order valence-electron chi connectivity index (χ3n) is 1.36. The van der Waals surface area contributed by atoms with Crippen molar-refractivity contribution in [3.63, 3.8) is 0 Å². The number of thiophene rings is 1. The first-order valence-electron chi connectivity index (χ1n) is 2.89. The zero-order valence-corrected chi connectivity index (χ0v) is 6.19. The van der Waals surface area contributed by atoms with Gasteiger partial charge in [0.25, 0.3) is 0 Å². The van der Waals surface area contributed by atoms with E-state index in [1.165, 1.54) is 10.1 Å². The monoisotopic (exact) mass is 146 g/mol. The van der Waals surface area contributed by atoms with E-state index >= 15 is 0 Å². The molecule has 0 N–H and O–H groups in total. The van der Waals surface area contributed by atoms with Gasteiger partial charge in [0.2, 0.25) is 0 Å². The van der Waals surface area contributed by atoms with Gasteiger partial charge >= 0.3 is 0 Å². The van der Waals surface area contributed by atoms with Crippen LogP contribution in [0.3, 0.4) is 0 Å². The molecule has 0 fully saturated rings. The molecule has 0 aliphatic heterocycles. The summed E-state index contributed by atoms with van der Waals surface area (Å²) in [7, 11) is 0. The van der Waals surface area contributed by atoms with Crippen molar-refractivity contribution in [2.75, 3.05) is 0 Å². The molecule has 1 aromatic carbocycles. The minimum Gasteiger partial charge on any atom is -0.144 e. The zero-order valence-electron chi connectivity index (χ0n) is 5.37. The molecule has 2 aromatic rings. The second-order valence-corrected chi connectivity index (χ2v) is 2.91. The Bertz CT molecular complexity index is 279. The molecule has 2 rings (SSSR count). The molecular weight excluding hydrogens is 140 g/mol. The lowest BCUT2D eigenvalue weighted by molar-refractivity contribution is 1.86. The lowest BCUT2D eigenvalue weighted by atomic mass is 10.3. The summed E-state index contributed by atoms with van der Waals surface area (Å²) < 4.78 is 1.37. The average molecular weight is 146 g/mol. The fourth-order valence-corrected chi connectivity index (χ4v) is 1.70. The standard InChI is InChI=1S/C8H6S.C/c1-2-4-8-7(3-1)5-6-9-8;/h1-6H;. The van der Waals surface area contributed by atoms with E-state index in [0.717, 1.165) is 0 Å². The Morgan fingerprint density at radius 3 is 2.60 bits per heavy atom. The minimum absolute atomic E-state index is 0. The molecule has 1 heteroatoms. The summed E-state index contributed by atoms with van der Waals surface area (Å²) in [5, 5.41) is 3.47. The molecule has 0 saturated heterocycles. The van der Waals surface area contributed by atoms with Gasteiger partial charge in [0, 0.05) is 12.1 Å². The number of benzene rings is 1. The van der Waals surface area contributed by atoms with E-state index in [1.807, 2.05) is 0 Å². The van der Waals surface area contributed by atoms with Crippen LogP contribution in [0.4, 0.5) is 0 Å². The maximum absolute atomic E-state index is 2.14. The smallest absolute Gasteiger partial charge is 0.0342 e. The van der Waals surface area contributed by atoms with Crippen LogP contribution in [0.1, 0.15) is 0 Å². The van der Waals surface area contributed by atoms with Crippen LogP contribution in [-0.4, -0.2) is 0 Å². The van der Waals surface area contributed by atoms with Gasteiger partial charge in [-0.05, 0) is 22.9 Å². The molecule has 0 aliphatic rings. The second kappa shape index (κ2) is 2.84. The maximum Gasteiger partial charge on any atom is 0.0342 e. The molecule has 0 unspecified atom stereocenters. The number of fused-ring (bicyclic) bond motifs is 1. The molecule has 0 amide bonds. The molecule has 0 spiro atoms. The van der Waals surface area contributed by atoms with Crippen molar-refractivity contribution < 1.29 is 0 Å². The first-order valence-corrected chi connectivity index (χ1v) is 3.77. The van der Waals surface area contributed by atoms with Crippen LogP contribution in [0, 0.1) is 7.43 Å². The average Bonchev–Trinajstić information content (AvgIpc) is 2.33. The van der Waals surface area contributed by atoms with Crippen LogP contribution in [0.25, 0.3) is 10.1 Å². The van der Waals surface area contributed by atoms with E-state index < -0.39 is 0 Å². The van der Waals surface area contributed by atoms with Gasteiger partial charge < -0.3 is 0 Å². The highest BCUT2D eigenvalue weighted by Gasteiger charge is 1.87. The Kier molecular flexibility index (Phi) is 2.07. The highest BCUT2D eigenvalue weighted by molar-refractivity contribution is 7.17. The van der Waals surface area contributed by atoms with E-state index in [4.69, 9.17) is 0 Å². The Labute approximate surface area is 65.1 Å². The van der Waals surface area contributed by atoms with Crippen LogP contribution in [0.5, 0.6) is 0 Å². The van der Waals surface area contributed by atoms with Crippen LogP contribution in [0.15, 0.2) is 35.7 Å². The summed E-state index contributed by atoms with van der Waals surface area (Å²) in [6.07, 6.45) is 0. The molecule has 48 valence electrons. The van der Waals surface area contributed by atoms with Crippen molar-refractivity contribution >= 4 is 21.4 Å². The maximum atomic E-state index is 2.14. The quantitative estimate of drug-likeness (QED) is 0.536. The molecule has 4 radical (unpaired) electrons. The summed E-state index contributed by atoms with van der Waals surface area (Å²) in [6, 6.07) is 10.5. The molecule has 0 bridgehead atoms. The van der Waals surface area contributed by atoms with Crippen molar-refractivity contribution in [2.24, 2.45) is 0 Å². The Balaban J connectivity index is 0.000000500. The Morgan fingerprint density at radius 1 is 1.00 bits per heavy atom. The van der Waals surface area contributed by atoms with E-state index in [-0.39, 0.29) is 7.43 Å². The van der Waals surface area contributed by atoms with Crippen LogP contribution in [-0.2, 0) is 0 Å². The van der Waals surface area contributed by atoms with Crippen LogP contribution < -0.4 is 0 Å². The topological polar surface area (TPSA) is 0 Å². The van der Waals surface area contributed by atoms with Crippen molar-refractivity contribution in [3.05, 3.63) is 43.1 Å². The number of hydrogen-bond acceptors (Lipinski definition) is 1. The van der Waals surface area contributed by atoms with E-state index in [1.54, 1.807) is 11.3 Å². The Hall–Kier alpha value is -0.820. The fourth-order valence-electron chi connectivity index (χ4n) is 0.906. The third-order valence-corrected chi connectivity index (χ3v) is 2.26. The summed E-state index contributed by atoms with van der Waals surface area (Å²) in [5.74, 6) is 0. The molecule has 1 heterocycles. The minimum atomic E-state index is 0. The molecule has 0 atom stereocenters. The predicted octanol–water partition coefficient (Wildman–Crippen LogP) is 2.98. The summed E-state index contributed by atoms with van der Waals surface area (Å²) in [6.45, 7) is 0. The molecular formula is C9H6S. The van der Waals surface area contributed by atoms with Gasteiger partial charge in [0.1, 0.15) is 0 Å². The number of hydrogen-bond donors (Lipinski definition) is 0. The van der Waals surface area contributed by atoms with Crippen LogP contribution >= 0.6 is 11.3 Å². The SMILES string of the molecule is [C].c1ccc2sccc2c1. The highest BCUT2D eigenvalue weighted by atomic mass is 32.1. The number of rotatable bonds is 0. The first kappa shape index (κ1) is 7.29. The molecule has 0 nitrogen and oxygen atoms in total. The summed E-state index contributed by atoms with van der Waals surface area (Å²) in [4.78, 5) is 0. The lowest BCUT2D eigenvalue weighted by Gasteiger charge is -1.82. The summed E-state index contributed by atoms with van der Waals surface area (Å²) >= 11 is 1.79. The molecule has 0 aliphatic carbocycles. The predicted molar refractivity (Wildman–Crippen MR) is 45.1 cm³/mol. The molecule has 10 heavy (non-hydrogen) atoms. The normalized spacial score (nSPS) is 9.20. The van der Waals surface area contributed by atoms with Crippen molar-refractivity contribution in [1.82, 2.24) is 0 Å². The van der Waals surface area contributed by atoms with Gasteiger partial charge in [-0.1, -0.05) is 18.2 Å². The first-order chi connectivity index (χ1) is 4.47. The van der Waals surface area contributed by atoms with Gasteiger partial charge in [-0.15, -0.1) is 11.3 Å². The third kappa shape index (κ3) is 1.05. The van der Waals surface area contributed by atoms with Gasteiger partial charge in [0.15, 0.2) is 0 Å². The van der Waals surface area contributed by atoms with Gasteiger partial charge in [-0.2, -0.15) is 0 Å². The lowest BCUT2D eigenvalue weighted by Crippen LogP contribution is -1.56. The zero-order chi connectivity index (χ0) is 6.10. The largest absolute Gasteiger partial charge is 0.144 e. The van der Waals surface area contributed by atoms with Gasteiger partial charge in [-0.25, -0.2) is 0 Å². The van der Waals surface area contributed by atoms with E-state index in [9.17, 15) is 0 Å². The van der Waals surface area contributed by atoms with Gasteiger partial charge in [0.05, 0.1) is 0 Å². The summed E-state index contributed by atoms with van der Waals surface area (Å²) in [5.41, 5.74) is 0. The van der Waals surface area contributed by atoms with Crippen molar-refractivity contribution in [3.8, 4) is 0 Å². The fraction of sp³-hybridized carbons (Fsp3) is 0. The van der Waals surface area contributed by atoms with Gasteiger partial charge in [-0.3, -0.25) is 0 Å². The van der Waals surface area contributed by atoms with Crippen LogP contribution in [0.2, 0.25) is 0 Å². The molecule has 0 saturated carbocycles.